The van der Waals surface area contributed by atoms with Gasteiger partial charge in [0.25, 0.3) is 0 Å². The van der Waals surface area contributed by atoms with Crippen molar-refractivity contribution >= 4 is 11.9 Å². The van der Waals surface area contributed by atoms with Crippen LogP contribution in [-0.4, -0.2) is 47.4 Å². The molecule has 0 bridgehead atoms. The number of allylic oxidation sites excluding steroid dienone is 3. The summed E-state index contributed by atoms with van der Waals surface area (Å²) in [4.78, 5) is 24.5. The summed E-state index contributed by atoms with van der Waals surface area (Å²) < 4.78 is 5.48. The summed E-state index contributed by atoms with van der Waals surface area (Å²) in [6.45, 7) is 4.92. The highest BCUT2D eigenvalue weighted by molar-refractivity contribution is 5.76. The molecule has 0 aromatic rings. The second kappa shape index (κ2) is 68.8. The Bertz CT molecular complexity index is 1230. The summed E-state index contributed by atoms with van der Waals surface area (Å²) in [5, 5.41) is 23.2. The standard InChI is InChI=1S/C73H141NO5/c1-3-5-7-9-11-13-15-17-18-36-39-42-45-49-53-57-61-65-71(76)70(69-75)74-72(77)66-62-58-54-50-46-43-40-37-34-32-30-28-26-24-22-20-19-21-23-25-27-29-31-33-35-38-41-44-48-52-56-60-64-68-79-73(78)67-63-59-55-51-47-16-14-12-10-8-6-4-2/h12,14,61,65,70-71,75-76H,3-11,13,15-60,62-64,66-69H2,1-2H3,(H,74,77)/b14-12-,65-61+. The smallest absolute Gasteiger partial charge is 0.305 e. The molecule has 2 atom stereocenters. The van der Waals surface area contributed by atoms with Gasteiger partial charge in [0.05, 0.1) is 25.4 Å². The van der Waals surface area contributed by atoms with Gasteiger partial charge in [-0.05, 0) is 57.8 Å². The summed E-state index contributed by atoms with van der Waals surface area (Å²) in [6.07, 6.45) is 87.0. The van der Waals surface area contributed by atoms with Gasteiger partial charge < -0.3 is 20.3 Å². The van der Waals surface area contributed by atoms with Gasteiger partial charge in [0.1, 0.15) is 0 Å². The fourth-order valence-corrected chi connectivity index (χ4v) is 11.5. The molecule has 2 unspecified atom stereocenters. The second-order valence-corrected chi connectivity index (χ2v) is 24.9. The van der Waals surface area contributed by atoms with Gasteiger partial charge in [0.2, 0.25) is 5.91 Å². The van der Waals surface area contributed by atoms with Crippen molar-refractivity contribution in [2.75, 3.05) is 13.2 Å². The molecule has 0 aliphatic rings. The van der Waals surface area contributed by atoms with E-state index in [0.717, 1.165) is 44.9 Å². The second-order valence-electron chi connectivity index (χ2n) is 24.9. The normalized spacial score (nSPS) is 12.6. The molecule has 0 radical (unpaired) electrons. The van der Waals surface area contributed by atoms with Crippen LogP contribution in [0.1, 0.15) is 406 Å². The first-order valence-corrected chi connectivity index (χ1v) is 36.1. The Labute approximate surface area is 494 Å². The van der Waals surface area contributed by atoms with Crippen molar-refractivity contribution in [3.05, 3.63) is 24.3 Å². The number of carbonyl (C=O) groups is 2. The molecule has 0 spiro atoms. The first-order chi connectivity index (χ1) is 39.0. The molecule has 0 heterocycles. The Kier molecular flexibility index (Phi) is 67.4. The van der Waals surface area contributed by atoms with E-state index in [1.54, 1.807) is 6.08 Å². The van der Waals surface area contributed by atoms with Gasteiger partial charge in [-0.1, -0.05) is 359 Å². The fourth-order valence-electron chi connectivity index (χ4n) is 11.5. The van der Waals surface area contributed by atoms with Crippen molar-refractivity contribution in [3.63, 3.8) is 0 Å². The Balaban J connectivity index is 3.33. The maximum atomic E-state index is 12.5. The van der Waals surface area contributed by atoms with Gasteiger partial charge in [-0.25, -0.2) is 0 Å². The SMILES string of the molecule is CCCCC/C=C\CCCCCCCC(=O)OCCCCCCCCCCCCCCCCCCCCCCCCCCCCCCCCCCCC(=O)NC(CO)C(O)/C=C/CCCCCCCCCCCCCCCCC. The van der Waals surface area contributed by atoms with Gasteiger partial charge in [-0.2, -0.15) is 0 Å². The van der Waals surface area contributed by atoms with Crippen LogP contribution in [0.25, 0.3) is 0 Å². The average Bonchev–Trinajstić information content (AvgIpc) is 3.45. The largest absolute Gasteiger partial charge is 0.466 e. The molecule has 0 aromatic heterocycles. The van der Waals surface area contributed by atoms with Crippen LogP contribution in [-0.2, 0) is 14.3 Å². The number of hydrogen-bond acceptors (Lipinski definition) is 5. The molecule has 0 rings (SSSR count). The molecule has 0 aliphatic heterocycles. The number of amides is 1. The van der Waals surface area contributed by atoms with Crippen LogP contribution in [0.5, 0.6) is 0 Å². The Morgan fingerprint density at radius 3 is 0.924 bits per heavy atom. The number of nitrogens with one attached hydrogen (secondary N) is 1. The van der Waals surface area contributed by atoms with Crippen LogP contribution < -0.4 is 5.32 Å². The highest BCUT2D eigenvalue weighted by atomic mass is 16.5. The minimum atomic E-state index is -0.841. The van der Waals surface area contributed by atoms with Crippen LogP contribution in [0.2, 0.25) is 0 Å². The lowest BCUT2D eigenvalue weighted by Crippen LogP contribution is -2.45. The number of aliphatic hydroxyl groups is 2. The van der Waals surface area contributed by atoms with Crippen LogP contribution >= 0.6 is 0 Å². The van der Waals surface area contributed by atoms with E-state index in [4.69, 9.17) is 4.74 Å². The van der Waals surface area contributed by atoms with Gasteiger partial charge in [-0.15, -0.1) is 0 Å². The lowest BCUT2D eigenvalue weighted by molar-refractivity contribution is -0.143. The lowest BCUT2D eigenvalue weighted by Gasteiger charge is -2.20. The third-order valence-electron chi connectivity index (χ3n) is 17.0. The molecule has 468 valence electrons. The molecule has 0 saturated carbocycles. The fraction of sp³-hybridized carbons (Fsp3) is 0.918. The van der Waals surface area contributed by atoms with Crippen LogP contribution in [0.15, 0.2) is 24.3 Å². The molecule has 3 N–H and O–H groups in total. The van der Waals surface area contributed by atoms with Crippen molar-refractivity contribution in [1.82, 2.24) is 5.32 Å². The van der Waals surface area contributed by atoms with Gasteiger partial charge in [0.15, 0.2) is 0 Å². The van der Waals surface area contributed by atoms with Crippen LogP contribution in [0, 0.1) is 0 Å². The number of rotatable bonds is 68. The number of unbranched alkanes of at least 4 members (excludes halogenated alkanes) is 55. The van der Waals surface area contributed by atoms with Gasteiger partial charge in [-0.3, -0.25) is 9.59 Å². The maximum absolute atomic E-state index is 12.5. The van der Waals surface area contributed by atoms with Crippen LogP contribution in [0.3, 0.4) is 0 Å². The molecule has 1 amide bonds. The van der Waals surface area contributed by atoms with E-state index < -0.39 is 12.1 Å². The molecule has 79 heavy (non-hydrogen) atoms. The van der Waals surface area contributed by atoms with Crippen molar-refractivity contribution in [3.8, 4) is 0 Å². The van der Waals surface area contributed by atoms with E-state index in [1.165, 1.54) is 334 Å². The minimum Gasteiger partial charge on any atom is -0.466 e. The molecule has 0 aromatic carbocycles. The molecule has 0 fully saturated rings. The van der Waals surface area contributed by atoms with Crippen molar-refractivity contribution in [2.24, 2.45) is 0 Å². The highest BCUT2D eigenvalue weighted by Crippen LogP contribution is 2.19. The third kappa shape index (κ3) is 65.4. The zero-order chi connectivity index (χ0) is 57.1. The maximum Gasteiger partial charge on any atom is 0.305 e. The number of carbonyl (C=O) groups excluding carboxylic acids is 2. The predicted molar refractivity (Wildman–Crippen MR) is 347 cm³/mol. The summed E-state index contributed by atoms with van der Waals surface area (Å²) in [7, 11) is 0. The number of esters is 1. The van der Waals surface area contributed by atoms with E-state index in [-0.39, 0.29) is 18.5 Å². The van der Waals surface area contributed by atoms with Crippen molar-refractivity contribution in [1.29, 1.82) is 0 Å². The first kappa shape index (κ1) is 77.3. The number of aliphatic hydroxyl groups excluding tert-OH is 2. The van der Waals surface area contributed by atoms with E-state index in [2.05, 4.69) is 31.3 Å². The Hall–Kier alpha value is -1.66. The average molecular weight is 1110 g/mol. The molecule has 0 saturated heterocycles. The molecule has 6 nitrogen and oxygen atoms in total. The van der Waals surface area contributed by atoms with Gasteiger partial charge >= 0.3 is 5.97 Å². The van der Waals surface area contributed by atoms with E-state index in [1.807, 2.05) is 6.08 Å². The zero-order valence-electron chi connectivity index (χ0n) is 53.6. The van der Waals surface area contributed by atoms with Crippen molar-refractivity contribution < 1.29 is 24.5 Å². The summed E-state index contributed by atoms with van der Waals surface area (Å²) in [5.41, 5.74) is 0. The molecule has 0 aliphatic carbocycles. The molecular weight excluding hydrogens is 971 g/mol. The Morgan fingerprint density at radius 1 is 0.342 bits per heavy atom. The quantitative estimate of drug-likeness (QED) is 0.0320. The van der Waals surface area contributed by atoms with Crippen molar-refractivity contribution in [2.45, 2.75) is 418 Å². The predicted octanol–water partition coefficient (Wildman–Crippen LogP) is 23.3. The van der Waals surface area contributed by atoms with E-state index >= 15 is 0 Å². The number of hydrogen-bond donors (Lipinski definition) is 3. The summed E-state index contributed by atoms with van der Waals surface area (Å²) >= 11 is 0. The zero-order valence-corrected chi connectivity index (χ0v) is 53.6. The van der Waals surface area contributed by atoms with Gasteiger partial charge in [0, 0.05) is 12.8 Å². The third-order valence-corrected chi connectivity index (χ3v) is 17.0. The Morgan fingerprint density at radius 2 is 0.595 bits per heavy atom. The summed E-state index contributed by atoms with van der Waals surface area (Å²) in [5.74, 6) is -0.0480. The summed E-state index contributed by atoms with van der Waals surface area (Å²) in [6, 6.07) is -0.624. The lowest BCUT2D eigenvalue weighted by atomic mass is 10.0. The number of ether oxygens (including phenoxy) is 1. The highest BCUT2D eigenvalue weighted by Gasteiger charge is 2.18. The minimum absolute atomic E-state index is 0.0118. The molecule has 6 heteroatoms. The van der Waals surface area contributed by atoms with E-state index in [9.17, 15) is 19.8 Å². The molecular formula is C73H141NO5. The van der Waals surface area contributed by atoms with Crippen LogP contribution in [0.4, 0.5) is 0 Å². The van der Waals surface area contributed by atoms with E-state index in [0.29, 0.717) is 19.4 Å². The first-order valence-electron chi connectivity index (χ1n) is 36.1. The monoisotopic (exact) mass is 1110 g/mol. The topological polar surface area (TPSA) is 95.9 Å².